The lowest BCUT2D eigenvalue weighted by Crippen LogP contribution is -2.60. The van der Waals surface area contributed by atoms with Gasteiger partial charge in [-0.15, -0.1) is 0 Å². The van der Waals surface area contributed by atoms with E-state index in [0.717, 1.165) is 5.69 Å². The van der Waals surface area contributed by atoms with Crippen molar-refractivity contribution in [2.45, 2.75) is 44.6 Å². The Balaban J connectivity index is 1.89. The number of Topliss-reactive ketones (excluding diaryl/α,β-unsaturated/α-hetero) is 1. The first kappa shape index (κ1) is 26.7. The van der Waals surface area contributed by atoms with Gasteiger partial charge in [-0.05, 0) is 31.2 Å². The highest BCUT2D eigenvalue weighted by Crippen LogP contribution is 2.21. The molecule has 0 spiro atoms. The Morgan fingerprint density at radius 3 is 2.33 bits per heavy atom. The van der Waals surface area contributed by atoms with E-state index >= 15 is 0 Å². The van der Waals surface area contributed by atoms with Gasteiger partial charge in [0, 0.05) is 37.3 Å². The van der Waals surface area contributed by atoms with Gasteiger partial charge >= 0.3 is 0 Å². The van der Waals surface area contributed by atoms with Crippen molar-refractivity contribution in [2.24, 2.45) is 5.92 Å². The van der Waals surface area contributed by atoms with E-state index < -0.39 is 49.1 Å². The molecule has 1 amide bonds. The number of rotatable bonds is 9. The molecule has 0 radical (unpaired) electrons. The van der Waals surface area contributed by atoms with Gasteiger partial charge in [0.1, 0.15) is 24.4 Å². The number of aliphatic hydroxyl groups is 4. The van der Waals surface area contributed by atoms with Crippen molar-refractivity contribution >= 4 is 17.4 Å². The molecule has 6 atom stereocenters. The van der Waals surface area contributed by atoms with Crippen molar-refractivity contribution in [1.29, 1.82) is 0 Å². The molecule has 1 saturated heterocycles. The zero-order chi connectivity index (χ0) is 24.7. The van der Waals surface area contributed by atoms with E-state index in [1.165, 1.54) is 12.2 Å². The maximum atomic E-state index is 12.6. The number of ketones is 1. The quantitative estimate of drug-likeness (QED) is 0.146. The zero-order valence-corrected chi connectivity index (χ0v) is 19.1. The molecular formula is C23H32N2O8. The molecule has 5 N–H and O–H groups in total. The summed E-state index contributed by atoms with van der Waals surface area (Å²) in [6.45, 7) is 2.89. The zero-order valence-electron chi connectivity index (χ0n) is 19.1. The second-order valence-corrected chi connectivity index (χ2v) is 8.12. The average Bonchev–Trinajstić information content (AvgIpc) is 2.80. The smallest absolute Gasteiger partial charge is 0.267 e. The highest BCUT2D eigenvalue weighted by atomic mass is 16.8. The number of allylic oxidation sites excluding steroid dienone is 3. The number of benzene rings is 1. The van der Waals surface area contributed by atoms with E-state index in [1.54, 1.807) is 32.1 Å². The largest absolute Gasteiger partial charge is 0.394 e. The molecule has 33 heavy (non-hydrogen) atoms. The number of nitrogens with one attached hydrogen (secondary N) is 1. The fourth-order valence-corrected chi connectivity index (χ4v) is 3.23. The molecule has 1 aliphatic heterocycles. The van der Waals surface area contributed by atoms with Gasteiger partial charge in [-0.1, -0.05) is 24.6 Å². The number of nitrogens with zero attached hydrogens (tertiary/aromatic N) is 1. The molecule has 0 bridgehead atoms. The van der Waals surface area contributed by atoms with E-state index in [0.29, 0.717) is 11.1 Å². The van der Waals surface area contributed by atoms with Gasteiger partial charge in [-0.3, -0.25) is 9.59 Å². The summed E-state index contributed by atoms with van der Waals surface area (Å²) in [5.41, 5.74) is 4.30. The third-order valence-corrected chi connectivity index (χ3v) is 5.22. The Morgan fingerprint density at radius 2 is 1.76 bits per heavy atom. The van der Waals surface area contributed by atoms with Gasteiger partial charge in [0.2, 0.25) is 6.29 Å². The molecular weight excluding hydrogens is 432 g/mol. The summed E-state index contributed by atoms with van der Waals surface area (Å²) in [4.78, 5) is 31.5. The second-order valence-electron chi connectivity index (χ2n) is 8.12. The first-order valence-corrected chi connectivity index (χ1v) is 10.5. The molecule has 10 heteroatoms. The van der Waals surface area contributed by atoms with E-state index in [9.17, 15) is 24.9 Å². The van der Waals surface area contributed by atoms with Gasteiger partial charge in [-0.2, -0.15) is 0 Å². The number of hydrogen-bond acceptors (Lipinski definition) is 9. The molecule has 1 aromatic rings. The fourth-order valence-electron chi connectivity index (χ4n) is 3.23. The van der Waals surface area contributed by atoms with Crippen LogP contribution in [0, 0.1) is 5.92 Å². The predicted octanol–water partition coefficient (Wildman–Crippen LogP) is -0.0784. The van der Waals surface area contributed by atoms with Gasteiger partial charge in [0.05, 0.1) is 6.61 Å². The normalized spacial score (nSPS) is 26.8. The van der Waals surface area contributed by atoms with Crippen LogP contribution in [0.3, 0.4) is 0 Å². The van der Waals surface area contributed by atoms with Crippen molar-refractivity contribution in [3.05, 3.63) is 53.6 Å². The van der Waals surface area contributed by atoms with Crippen LogP contribution in [0.4, 0.5) is 5.69 Å². The Morgan fingerprint density at radius 1 is 1.12 bits per heavy atom. The molecule has 0 aliphatic carbocycles. The number of hydrogen-bond donors (Lipinski definition) is 5. The molecule has 1 aromatic carbocycles. The van der Waals surface area contributed by atoms with Crippen molar-refractivity contribution in [3.8, 4) is 0 Å². The molecule has 1 fully saturated rings. The average molecular weight is 465 g/mol. The molecule has 1 heterocycles. The van der Waals surface area contributed by atoms with Crippen LogP contribution in [-0.4, -0.2) is 83.5 Å². The highest BCUT2D eigenvalue weighted by molar-refractivity contribution is 5.99. The Kier molecular flexibility index (Phi) is 9.71. The van der Waals surface area contributed by atoms with Crippen molar-refractivity contribution in [2.75, 3.05) is 25.6 Å². The maximum absolute atomic E-state index is 12.6. The number of ether oxygens (including phenoxy) is 1. The van der Waals surface area contributed by atoms with Crippen LogP contribution in [0.1, 0.15) is 24.2 Å². The first-order valence-electron chi connectivity index (χ1n) is 10.5. The number of anilines is 1. The minimum Gasteiger partial charge on any atom is -0.394 e. The third-order valence-electron chi connectivity index (χ3n) is 5.22. The number of hydroxylamine groups is 1. The summed E-state index contributed by atoms with van der Waals surface area (Å²) in [5, 5.41) is 38.5. The van der Waals surface area contributed by atoms with Crippen LogP contribution in [-0.2, 0) is 14.4 Å². The van der Waals surface area contributed by atoms with Gasteiger partial charge in [0.25, 0.3) is 5.91 Å². The summed E-state index contributed by atoms with van der Waals surface area (Å²) in [7, 11) is 3.84. The molecule has 1 aliphatic rings. The Hall–Kier alpha value is -2.60. The molecule has 2 rings (SSSR count). The number of carbonyl (C=O) groups excluding carboxylic acids is 2. The van der Waals surface area contributed by atoms with Crippen molar-refractivity contribution in [1.82, 2.24) is 5.48 Å². The fraction of sp³-hybridized carbons (Fsp3) is 0.478. The second kappa shape index (κ2) is 12.0. The first-order chi connectivity index (χ1) is 15.5. The topological polar surface area (TPSA) is 149 Å². The lowest BCUT2D eigenvalue weighted by molar-refractivity contribution is -0.312. The van der Waals surface area contributed by atoms with E-state index in [4.69, 9.17) is 14.7 Å². The van der Waals surface area contributed by atoms with E-state index in [1.807, 2.05) is 31.1 Å². The van der Waals surface area contributed by atoms with Crippen molar-refractivity contribution in [3.63, 3.8) is 0 Å². The minimum atomic E-state index is -1.63. The van der Waals surface area contributed by atoms with Crippen LogP contribution in [0.25, 0.3) is 0 Å². The standard InChI is InChI=1S/C23H32N2O8/c1-13(11-14(2)19(28)15-6-8-16(9-7-15)25(3)4)5-10-18(27)24-33-23-22(31)21(30)20(29)17(12-26)32-23/h5-11,14,17,20-23,26,29-31H,12H2,1-4H3,(H,24,27)/b10-5+,13-11+/t14?,17-,20-,21+,22-,23?/m1/s1. The van der Waals surface area contributed by atoms with Crippen LogP contribution in [0.2, 0.25) is 0 Å². The predicted molar refractivity (Wildman–Crippen MR) is 120 cm³/mol. The summed E-state index contributed by atoms with van der Waals surface area (Å²) >= 11 is 0. The summed E-state index contributed by atoms with van der Waals surface area (Å²) in [6, 6.07) is 7.29. The summed E-state index contributed by atoms with van der Waals surface area (Å²) in [5.74, 6) is -1.14. The summed E-state index contributed by atoms with van der Waals surface area (Å²) < 4.78 is 5.13. The molecule has 182 valence electrons. The number of amides is 1. The van der Waals surface area contributed by atoms with Crippen LogP contribution >= 0.6 is 0 Å². The number of aliphatic hydroxyl groups excluding tert-OH is 4. The molecule has 2 unspecified atom stereocenters. The van der Waals surface area contributed by atoms with E-state index in [-0.39, 0.29) is 5.78 Å². The van der Waals surface area contributed by atoms with Gasteiger partial charge in [-0.25, -0.2) is 10.3 Å². The Bertz CT molecular complexity index is 866. The number of carbonyl (C=O) groups is 2. The molecule has 10 nitrogen and oxygen atoms in total. The Labute approximate surface area is 192 Å². The lowest BCUT2D eigenvalue weighted by Gasteiger charge is -2.38. The molecule has 0 saturated carbocycles. The minimum absolute atomic E-state index is 0.0524. The van der Waals surface area contributed by atoms with Gasteiger partial charge in [0.15, 0.2) is 5.78 Å². The highest BCUT2D eigenvalue weighted by Gasteiger charge is 2.44. The third kappa shape index (κ3) is 7.19. The van der Waals surface area contributed by atoms with Crippen LogP contribution in [0.5, 0.6) is 0 Å². The van der Waals surface area contributed by atoms with Crippen LogP contribution < -0.4 is 10.4 Å². The van der Waals surface area contributed by atoms with Gasteiger partial charge < -0.3 is 30.1 Å². The monoisotopic (exact) mass is 464 g/mol. The SMILES string of the molecule is CC(/C=C/C(=O)NOC1O[C@H](CO)[C@@H](O)[C@H](O)[C@H]1O)=C\C(C)C(=O)c1ccc(N(C)C)cc1. The lowest BCUT2D eigenvalue weighted by atomic mass is 9.97. The maximum Gasteiger partial charge on any atom is 0.267 e. The summed E-state index contributed by atoms with van der Waals surface area (Å²) in [6.07, 6.45) is -3.02. The van der Waals surface area contributed by atoms with Crippen LogP contribution in [0.15, 0.2) is 48.1 Å². The van der Waals surface area contributed by atoms with E-state index in [2.05, 4.69) is 5.48 Å². The molecule has 0 aromatic heterocycles. The van der Waals surface area contributed by atoms with Crippen molar-refractivity contribution < 1.29 is 39.6 Å².